The minimum Gasteiger partial charge on any atom is -0.310 e. The summed E-state index contributed by atoms with van der Waals surface area (Å²) in [5.74, 6) is 1.66. The first-order valence-corrected chi connectivity index (χ1v) is 19.1. The molecule has 51 heavy (non-hydrogen) atoms. The van der Waals surface area contributed by atoms with Crippen molar-refractivity contribution in [1.82, 2.24) is 0 Å². The van der Waals surface area contributed by atoms with Gasteiger partial charge in [0.25, 0.3) is 0 Å². The molecule has 0 unspecified atom stereocenters. The number of para-hydroxylation sites is 1. The summed E-state index contributed by atoms with van der Waals surface area (Å²) < 4.78 is 0. The van der Waals surface area contributed by atoms with Crippen LogP contribution >= 0.6 is 0 Å². The lowest BCUT2D eigenvalue weighted by Gasteiger charge is -2.28. The van der Waals surface area contributed by atoms with Gasteiger partial charge in [0.15, 0.2) is 0 Å². The summed E-state index contributed by atoms with van der Waals surface area (Å²) in [6.45, 7) is 9.07. The highest BCUT2D eigenvalue weighted by Gasteiger charge is 2.21. The molecule has 0 spiro atoms. The average molecular weight is 664 g/mol. The Morgan fingerprint density at radius 1 is 0.431 bits per heavy atom. The fraction of sp³-hybridized carbons (Fsp3) is 0.240. The molecule has 0 aromatic heterocycles. The molecule has 0 radical (unpaired) electrons. The molecule has 1 saturated carbocycles. The van der Waals surface area contributed by atoms with Crippen molar-refractivity contribution in [3.05, 3.63) is 162 Å². The van der Waals surface area contributed by atoms with Crippen LogP contribution in [0.4, 0.5) is 17.1 Å². The van der Waals surface area contributed by atoms with E-state index >= 15 is 0 Å². The van der Waals surface area contributed by atoms with Crippen molar-refractivity contribution < 1.29 is 0 Å². The third-order valence-corrected chi connectivity index (χ3v) is 11.2. The highest BCUT2D eigenvalue weighted by atomic mass is 15.1. The molecule has 0 saturated heterocycles. The molecule has 1 heteroatoms. The topological polar surface area (TPSA) is 3.24 Å². The molecular formula is C50H49N. The van der Waals surface area contributed by atoms with Crippen LogP contribution in [0, 0.1) is 0 Å². The maximum atomic E-state index is 2.45. The molecule has 1 aliphatic carbocycles. The van der Waals surface area contributed by atoms with Gasteiger partial charge >= 0.3 is 0 Å². The van der Waals surface area contributed by atoms with E-state index in [4.69, 9.17) is 0 Å². The molecule has 7 aromatic rings. The van der Waals surface area contributed by atoms with Crippen LogP contribution in [0.25, 0.3) is 43.8 Å². The number of hydrogen-bond acceptors (Lipinski definition) is 1. The second-order valence-corrected chi connectivity index (χ2v) is 15.2. The lowest BCUT2D eigenvalue weighted by atomic mass is 9.84. The van der Waals surface area contributed by atoms with Gasteiger partial charge in [0, 0.05) is 17.1 Å². The summed E-state index contributed by atoms with van der Waals surface area (Å²) >= 11 is 0. The zero-order valence-electron chi connectivity index (χ0n) is 30.6. The minimum atomic E-state index is 0.485. The van der Waals surface area contributed by atoms with Crippen LogP contribution in [0.5, 0.6) is 0 Å². The smallest absolute Gasteiger partial charge is 0.0468 e. The standard InChI is InChI=1S/C50H49N/c1-34(2)36-19-23-40(24-20-36)49-45-17-11-12-18-46(45)50(41-25-21-37(22-26-41)35(3)4)48-33-44(31-32-47(48)49)51(42-15-9-6-10-16-42)43-29-27-39(28-30-43)38-13-7-5-8-14-38/h6,9-12,15-35,38H,5,7-8,13-14H2,1-4H3. The van der Waals surface area contributed by atoms with Gasteiger partial charge in [0.2, 0.25) is 0 Å². The summed E-state index contributed by atoms with van der Waals surface area (Å²) in [5, 5.41) is 5.12. The number of anilines is 3. The van der Waals surface area contributed by atoms with Crippen molar-refractivity contribution in [2.24, 2.45) is 0 Å². The zero-order chi connectivity index (χ0) is 34.9. The van der Waals surface area contributed by atoms with Gasteiger partial charge in [-0.3, -0.25) is 0 Å². The van der Waals surface area contributed by atoms with Crippen LogP contribution in [-0.2, 0) is 0 Å². The Morgan fingerprint density at radius 2 is 0.902 bits per heavy atom. The second kappa shape index (κ2) is 14.2. The van der Waals surface area contributed by atoms with Gasteiger partial charge < -0.3 is 4.90 Å². The van der Waals surface area contributed by atoms with E-state index in [1.165, 1.54) is 98.3 Å². The van der Waals surface area contributed by atoms with E-state index in [-0.39, 0.29) is 0 Å². The minimum absolute atomic E-state index is 0.485. The van der Waals surface area contributed by atoms with Gasteiger partial charge in [-0.2, -0.15) is 0 Å². The Labute approximate surface area is 304 Å². The van der Waals surface area contributed by atoms with Gasteiger partial charge in [-0.15, -0.1) is 0 Å². The molecule has 254 valence electrons. The van der Waals surface area contributed by atoms with Crippen LogP contribution in [0.2, 0.25) is 0 Å². The van der Waals surface area contributed by atoms with Crippen LogP contribution in [0.15, 0.2) is 146 Å². The number of benzene rings is 7. The van der Waals surface area contributed by atoms with Crippen LogP contribution in [0.1, 0.15) is 94.2 Å². The first kappa shape index (κ1) is 33.0. The largest absolute Gasteiger partial charge is 0.310 e. The van der Waals surface area contributed by atoms with Crippen molar-refractivity contribution in [1.29, 1.82) is 0 Å². The van der Waals surface area contributed by atoms with E-state index in [2.05, 4.69) is 178 Å². The van der Waals surface area contributed by atoms with Gasteiger partial charge in [-0.25, -0.2) is 0 Å². The van der Waals surface area contributed by atoms with E-state index in [1.54, 1.807) is 0 Å². The average Bonchev–Trinajstić information content (AvgIpc) is 3.18. The number of nitrogens with zero attached hydrogens (tertiary/aromatic N) is 1. The summed E-state index contributed by atoms with van der Waals surface area (Å²) in [6, 6.07) is 55.0. The Balaban J connectivity index is 1.37. The molecule has 7 aromatic carbocycles. The number of fused-ring (bicyclic) bond motifs is 2. The summed E-state index contributed by atoms with van der Waals surface area (Å²) in [4.78, 5) is 2.43. The zero-order valence-corrected chi connectivity index (χ0v) is 30.6. The second-order valence-electron chi connectivity index (χ2n) is 15.2. The predicted octanol–water partition coefficient (Wildman–Crippen LogP) is 15.1. The predicted molar refractivity (Wildman–Crippen MR) is 221 cm³/mol. The molecule has 1 nitrogen and oxygen atoms in total. The maximum absolute atomic E-state index is 2.45. The molecule has 0 atom stereocenters. The van der Waals surface area contributed by atoms with Gasteiger partial charge in [-0.05, 0) is 127 Å². The van der Waals surface area contributed by atoms with Crippen LogP contribution < -0.4 is 4.90 Å². The lowest BCUT2D eigenvalue weighted by molar-refractivity contribution is 0.443. The maximum Gasteiger partial charge on any atom is 0.0468 e. The molecule has 0 heterocycles. The van der Waals surface area contributed by atoms with E-state index in [1.807, 2.05) is 0 Å². The molecule has 0 amide bonds. The third-order valence-electron chi connectivity index (χ3n) is 11.2. The fourth-order valence-electron chi connectivity index (χ4n) is 8.35. The molecule has 0 bridgehead atoms. The monoisotopic (exact) mass is 663 g/mol. The normalized spacial score (nSPS) is 13.8. The highest BCUT2D eigenvalue weighted by molar-refractivity contribution is 6.22. The van der Waals surface area contributed by atoms with Crippen LogP contribution in [-0.4, -0.2) is 0 Å². The van der Waals surface area contributed by atoms with Crippen molar-refractivity contribution >= 4 is 38.6 Å². The van der Waals surface area contributed by atoms with Crippen molar-refractivity contribution in [3.8, 4) is 22.3 Å². The van der Waals surface area contributed by atoms with Gasteiger partial charge in [0.05, 0.1) is 0 Å². The molecule has 0 aliphatic heterocycles. The fourth-order valence-corrected chi connectivity index (χ4v) is 8.35. The number of rotatable bonds is 8. The van der Waals surface area contributed by atoms with Gasteiger partial charge in [0.1, 0.15) is 0 Å². The van der Waals surface area contributed by atoms with Crippen LogP contribution in [0.3, 0.4) is 0 Å². The molecule has 0 N–H and O–H groups in total. The van der Waals surface area contributed by atoms with E-state index < -0.39 is 0 Å². The lowest BCUT2D eigenvalue weighted by Crippen LogP contribution is -2.10. The Hall–Kier alpha value is -5.14. The summed E-state index contributed by atoms with van der Waals surface area (Å²) in [7, 11) is 0. The Kier molecular flexibility index (Phi) is 9.22. The molecule has 8 rings (SSSR count). The number of hydrogen-bond donors (Lipinski definition) is 0. The molecular weight excluding hydrogens is 615 g/mol. The van der Waals surface area contributed by atoms with E-state index in [9.17, 15) is 0 Å². The molecule has 1 aliphatic rings. The Morgan fingerprint density at radius 3 is 1.45 bits per heavy atom. The quantitative estimate of drug-likeness (QED) is 0.146. The van der Waals surface area contributed by atoms with E-state index in [0.29, 0.717) is 17.8 Å². The van der Waals surface area contributed by atoms with Crippen molar-refractivity contribution in [2.45, 2.75) is 77.6 Å². The van der Waals surface area contributed by atoms with Gasteiger partial charge in [-0.1, -0.05) is 156 Å². The Bertz CT molecular complexity index is 2250. The van der Waals surface area contributed by atoms with E-state index in [0.717, 1.165) is 11.4 Å². The third kappa shape index (κ3) is 6.47. The highest BCUT2D eigenvalue weighted by Crippen LogP contribution is 2.47. The molecule has 1 fully saturated rings. The van der Waals surface area contributed by atoms with Crippen molar-refractivity contribution in [2.75, 3.05) is 4.90 Å². The first-order valence-electron chi connectivity index (χ1n) is 19.1. The van der Waals surface area contributed by atoms with Crippen molar-refractivity contribution in [3.63, 3.8) is 0 Å². The first-order chi connectivity index (χ1) is 25.0. The summed E-state index contributed by atoms with van der Waals surface area (Å²) in [5.41, 5.74) is 12.8. The summed E-state index contributed by atoms with van der Waals surface area (Å²) in [6.07, 6.45) is 6.69. The SMILES string of the molecule is CC(C)c1ccc(-c2c3ccccc3c(-c3ccc(C(C)C)cc3)c3cc(N(c4ccccc4)c4ccc(C5CCCCC5)cc4)ccc23)cc1.